The van der Waals surface area contributed by atoms with Gasteiger partial charge < -0.3 is 21.1 Å². The summed E-state index contributed by atoms with van der Waals surface area (Å²) in [4.78, 5) is 15.0. The second-order valence-corrected chi connectivity index (χ2v) is 7.62. The van der Waals surface area contributed by atoms with Gasteiger partial charge in [-0.15, -0.1) is 0 Å². The molecule has 0 saturated carbocycles. The summed E-state index contributed by atoms with van der Waals surface area (Å²) in [6.45, 7) is 13.1. The third kappa shape index (κ3) is 6.48. The van der Waals surface area contributed by atoms with Crippen molar-refractivity contribution in [3.63, 3.8) is 0 Å². The Morgan fingerprint density at radius 1 is 1.41 bits per heavy atom. The van der Waals surface area contributed by atoms with Crippen LogP contribution in [0.25, 0.3) is 6.08 Å². The molecule has 0 aliphatic carbocycles. The van der Waals surface area contributed by atoms with Gasteiger partial charge in [-0.05, 0) is 68.6 Å². The monoisotopic (exact) mass is 398 g/mol. The van der Waals surface area contributed by atoms with E-state index >= 15 is 0 Å². The average Bonchev–Trinajstić information content (AvgIpc) is 3.31. The standard InChI is InChI=1S/C17H21N3O2.C6H13N/c1-11(2)4-7-16-12(3)20(17(22)19-16)10-14-8-15(21)6-5-13(14)9-18;1-2-6-3-4-7-5-6/h4-8,21H,1,9-10,18H2,2-3H3,(H,19,22);6-7H,2-5H2,1H3/b7-4-;/t;6-/m.1/s1. The Balaban J connectivity index is 0.000000360. The molecule has 1 fully saturated rings. The van der Waals surface area contributed by atoms with E-state index in [9.17, 15) is 9.90 Å². The van der Waals surface area contributed by atoms with E-state index in [0.29, 0.717) is 13.1 Å². The normalized spacial score (nSPS) is 16.1. The number of aromatic nitrogens is 2. The third-order valence-electron chi connectivity index (χ3n) is 5.29. The molecule has 158 valence electrons. The van der Waals surface area contributed by atoms with Gasteiger partial charge in [0.15, 0.2) is 0 Å². The lowest BCUT2D eigenvalue weighted by Crippen LogP contribution is -2.19. The summed E-state index contributed by atoms with van der Waals surface area (Å²) < 4.78 is 1.63. The number of phenols is 1. The topological polar surface area (TPSA) is 96.1 Å². The highest BCUT2D eigenvalue weighted by Crippen LogP contribution is 2.18. The Morgan fingerprint density at radius 2 is 2.17 bits per heavy atom. The lowest BCUT2D eigenvalue weighted by atomic mass is 10.1. The molecule has 1 atom stereocenters. The van der Waals surface area contributed by atoms with Crippen molar-refractivity contribution in [2.45, 2.75) is 46.7 Å². The van der Waals surface area contributed by atoms with Crippen LogP contribution in [0.15, 0.2) is 41.2 Å². The first kappa shape index (κ1) is 22.7. The minimum absolute atomic E-state index is 0.163. The Labute approximate surface area is 173 Å². The minimum Gasteiger partial charge on any atom is -0.508 e. The maximum absolute atomic E-state index is 12.2. The van der Waals surface area contributed by atoms with E-state index in [4.69, 9.17) is 5.73 Å². The van der Waals surface area contributed by atoms with Crippen LogP contribution in [0.2, 0.25) is 0 Å². The maximum Gasteiger partial charge on any atom is 0.326 e. The van der Waals surface area contributed by atoms with Crippen LogP contribution < -0.4 is 16.7 Å². The van der Waals surface area contributed by atoms with E-state index in [-0.39, 0.29) is 11.4 Å². The quantitative estimate of drug-likeness (QED) is 0.562. The smallest absolute Gasteiger partial charge is 0.326 e. The van der Waals surface area contributed by atoms with Gasteiger partial charge in [0, 0.05) is 12.2 Å². The zero-order valence-electron chi connectivity index (χ0n) is 17.8. The van der Waals surface area contributed by atoms with Crippen LogP contribution in [-0.4, -0.2) is 27.7 Å². The Morgan fingerprint density at radius 3 is 2.72 bits per heavy atom. The first-order valence-electron chi connectivity index (χ1n) is 10.2. The van der Waals surface area contributed by atoms with Gasteiger partial charge in [-0.3, -0.25) is 4.57 Å². The number of benzene rings is 1. The zero-order chi connectivity index (χ0) is 21.4. The molecule has 6 nitrogen and oxygen atoms in total. The van der Waals surface area contributed by atoms with E-state index in [1.165, 1.54) is 25.9 Å². The van der Waals surface area contributed by atoms with Gasteiger partial charge >= 0.3 is 5.69 Å². The third-order valence-corrected chi connectivity index (χ3v) is 5.29. The van der Waals surface area contributed by atoms with Crippen LogP contribution in [0.1, 0.15) is 49.2 Å². The number of nitrogens with two attached hydrogens (primary N) is 1. The maximum atomic E-state index is 12.2. The summed E-state index contributed by atoms with van der Waals surface area (Å²) >= 11 is 0. The van der Waals surface area contributed by atoms with Crippen LogP contribution in [0, 0.1) is 12.8 Å². The minimum atomic E-state index is -0.190. The first-order chi connectivity index (χ1) is 13.8. The molecule has 0 spiro atoms. The van der Waals surface area contributed by atoms with E-state index in [2.05, 4.69) is 23.8 Å². The van der Waals surface area contributed by atoms with Crippen molar-refractivity contribution in [2.75, 3.05) is 13.1 Å². The molecule has 1 aromatic carbocycles. The van der Waals surface area contributed by atoms with Crippen LogP contribution in [-0.2, 0) is 13.1 Å². The largest absolute Gasteiger partial charge is 0.508 e. The van der Waals surface area contributed by atoms with Crippen molar-refractivity contribution in [1.82, 2.24) is 14.9 Å². The van der Waals surface area contributed by atoms with Crippen LogP contribution in [0.4, 0.5) is 0 Å². The molecular weight excluding hydrogens is 364 g/mol. The predicted octanol–water partition coefficient (Wildman–Crippen LogP) is 3.29. The SMILES string of the molecule is C=C(C)/C=C\c1[nH]c(=O)n(Cc2cc(O)ccc2CN)c1C.CC[C@@H]1CCNC1. The zero-order valence-corrected chi connectivity index (χ0v) is 17.8. The van der Waals surface area contributed by atoms with Crippen molar-refractivity contribution >= 4 is 6.08 Å². The average molecular weight is 399 g/mol. The molecule has 1 saturated heterocycles. The van der Waals surface area contributed by atoms with Crippen molar-refractivity contribution in [1.29, 1.82) is 0 Å². The molecule has 3 rings (SSSR count). The van der Waals surface area contributed by atoms with E-state index in [1.54, 1.807) is 22.8 Å². The number of nitrogens with zero attached hydrogens (tertiary/aromatic N) is 1. The number of aromatic hydroxyl groups is 1. The van der Waals surface area contributed by atoms with E-state index in [1.807, 2.05) is 26.0 Å². The molecule has 2 aromatic rings. The van der Waals surface area contributed by atoms with Gasteiger partial charge in [-0.25, -0.2) is 4.79 Å². The molecule has 0 bridgehead atoms. The van der Waals surface area contributed by atoms with Gasteiger partial charge in [-0.1, -0.05) is 37.6 Å². The summed E-state index contributed by atoms with van der Waals surface area (Å²) in [5, 5.41) is 13.0. The number of imidazole rings is 1. The molecule has 1 aliphatic rings. The summed E-state index contributed by atoms with van der Waals surface area (Å²) in [5.74, 6) is 1.15. The molecule has 29 heavy (non-hydrogen) atoms. The number of rotatable bonds is 6. The Kier molecular flexibility index (Phi) is 8.49. The Bertz CT molecular complexity index is 902. The number of aromatic amines is 1. The molecule has 1 aliphatic heterocycles. The molecule has 6 heteroatoms. The highest BCUT2D eigenvalue weighted by molar-refractivity contribution is 5.51. The molecular formula is C23H34N4O2. The molecule has 2 heterocycles. The van der Waals surface area contributed by atoms with Crippen molar-refractivity contribution < 1.29 is 5.11 Å². The fourth-order valence-electron chi connectivity index (χ4n) is 3.34. The molecule has 5 N–H and O–H groups in total. The second-order valence-electron chi connectivity index (χ2n) is 7.62. The lowest BCUT2D eigenvalue weighted by molar-refractivity contribution is 0.473. The highest BCUT2D eigenvalue weighted by atomic mass is 16.3. The molecule has 0 amide bonds. The lowest BCUT2D eigenvalue weighted by Gasteiger charge is -2.10. The van der Waals surface area contributed by atoms with Crippen molar-refractivity contribution in [3.05, 3.63) is 69.4 Å². The van der Waals surface area contributed by atoms with Gasteiger partial charge in [0.25, 0.3) is 0 Å². The number of hydrogen-bond acceptors (Lipinski definition) is 4. The fraction of sp³-hybridized carbons (Fsp3) is 0.435. The number of hydrogen-bond donors (Lipinski definition) is 4. The van der Waals surface area contributed by atoms with Crippen molar-refractivity contribution in [2.24, 2.45) is 11.7 Å². The fourth-order valence-corrected chi connectivity index (χ4v) is 3.34. The van der Waals surface area contributed by atoms with Gasteiger partial charge in [0.1, 0.15) is 5.75 Å². The molecule has 1 aromatic heterocycles. The van der Waals surface area contributed by atoms with Crippen molar-refractivity contribution in [3.8, 4) is 5.75 Å². The van der Waals surface area contributed by atoms with Gasteiger partial charge in [0.05, 0.1) is 12.2 Å². The number of allylic oxidation sites excluding steroid dienone is 2. The Hall–Kier alpha value is -2.57. The van der Waals surface area contributed by atoms with Crippen LogP contribution >= 0.6 is 0 Å². The number of H-pyrrole nitrogens is 1. The number of nitrogens with one attached hydrogen (secondary N) is 2. The highest BCUT2D eigenvalue weighted by Gasteiger charge is 2.11. The van der Waals surface area contributed by atoms with E-state index < -0.39 is 0 Å². The predicted molar refractivity (Wildman–Crippen MR) is 120 cm³/mol. The first-order valence-corrected chi connectivity index (χ1v) is 10.2. The van der Waals surface area contributed by atoms with Crippen LogP contribution in [0.5, 0.6) is 5.75 Å². The second kappa shape index (κ2) is 10.8. The summed E-state index contributed by atoms with van der Waals surface area (Å²) in [6.07, 6.45) is 6.44. The number of phenolic OH excluding ortho intramolecular Hbond substituents is 1. The molecule has 0 radical (unpaired) electrons. The summed E-state index contributed by atoms with van der Waals surface area (Å²) in [7, 11) is 0. The van der Waals surface area contributed by atoms with Gasteiger partial charge in [-0.2, -0.15) is 0 Å². The van der Waals surface area contributed by atoms with Crippen LogP contribution in [0.3, 0.4) is 0 Å². The molecule has 0 unspecified atom stereocenters. The van der Waals surface area contributed by atoms with E-state index in [0.717, 1.165) is 34.0 Å². The summed E-state index contributed by atoms with van der Waals surface area (Å²) in [6, 6.07) is 5.02. The summed E-state index contributed by atoms with van der Waals surface area (Å²) in [5.41, 5.74) is 9.76. The van der Waals surface area contributed by atoms with Gasteiger partial charge in [0.2, 0.25) is 0 Å².